The molecule has 1 heterocycles. The molecule has 0 bridgehead atoms. The van der Waals surface area contributed by atoms with Gasteiger partial charge in [-0.05, 0) is 23.8 Å². The largest absolute Gasteiger partial charge is 0.383 e. The molecule has 1 aromatic heterocycles. The number of aliphatic hydroxyl groups is 1. The van der Waals surface area contributed by atoms with Crippen molar-refractivity contribution >= 4 is 0 Å². The topological polar surface area (TPSA) is 38.0 Å². The molecular weight excluding hydrogens is 248 g/mol. The average Bonchev–Trinajstić information content (AvgIpc) is 2.89. The highest BCUT2D eigenvalue weighted by Gasteiger charge is 2.31. The molecule has 0 aliphatic rings. The lowest BCUT2D eigenvalue weighted by Gasteiger charge is -2.32. The highest BCUT2D eigenvalue weighted by atomic mass is 16.3. The Morgan fingerprint density at radius 2 is 1.80 bits per heavy atom. The molecule has 20 heavy (non-hydrogen) atoms. The average molecular weight is 272 g/mol. The van der Waals surface area contributed by atoms with Crippen LogP contribution >= 0.6 is 0 Å². The van der Waals surface area contributed by atoms with Crippen LogP contribution in [0.25, 0.3) is 0 Å². The Labute approximate surface area is 121 Å². The molecule has 3 heteroatoms. The zero-order valence-corrected chi connectivity index (χ0v) is 12.6. The van der Waals surface area contributed by atoms with Gasteiger partial charge in [0.25, 0.3) is 0 Å². The molecular formula is C17H24N2O. The van der Waals surface area contributed by atoms with Gasteiger partial charge in [-0.25, -0.2) is 4.98 Å². The van der Waals surface area contributed by atoms with Gasteiger partial charge in [0.15, 0.2) is 0 Å². The molecule has 0 saturated carbocycles. The second-order valence-corrected chi connectivity index (χ2v) is 6.69. The standard InChI is InChI=1S/C17H24N2O/c1-16(2,3)9-10-17(20,13-19-12-11-18-14-19)15-7-5-4-6-8-15/h4-8,11-12,14,20H,9-10,13H2,1-3H3. The van der Waals surface area contributed by atoms with Crippen LogP contribution in [0.3, 0.4) is 0 Å². The van der Waals surface area contributed by atoms with Crippen molar-refractivity contribution in [3.63, 3.8) is 0 Å². The van der Waals surface area contributed by atoms with E-state index in [4.69, 9.17) is 0 Å². The van der Waals surface area contributed by atoms with Crippen molar-refractivity contribution in [1.29, 1.82) is 0 Å². The minimum atomic E-state index is -0.852. The molecule has 2 rings (SSSR count). The summed E-state index contributed by atoms with van der Waals surface area (Å²) in [6.07, 6.45) is 7.09. The number of nitrogens with zero attached hydrogens (tertiary/aromatic N) is 2. The molecule has 0 saturated heterocycles. The Hall–Kier alpha value is -1.61. The molecule has 0 fully saturated rings. The summed E-state index contributed by atoms with van der Waals surface area (Å²) in [5.74, 6) is 0. The van der Waals surface area contributed by atoms with Gasteiger partial charge < -0.3 is 9.67 Å². The molecule has 2 aromatic rings. The van der Waals surface area contributed by atoms with Crippen LogP contribution in [0.4, 0.5) is 0 Å². The predicted molar refractivity (Wildman–Crippen MR) is 81.3 cm³/mol. The monoisotopic (exact) mass is 272 g/mol. The summed E-state index contributed by atoms with van der Waals surface area (Å²) >= 11 is 0. The maximum Gasteiger partial charge on any atom is 0.107 e. The Bertz CT molecular complexity index is 514. The summed E-state index contributed by atoms with van der Waals surface area (Å²) in [6.45, 7) is 7.15. The molecule has 0 aliphatic carbocycles. The first-order valence-corrected chi connectivity index (χ1v) is 7.13. The molecule has 0 amide bonds. The fourth-order valence-electron chi connectivity index (χ4n) is 2.33. The Kier molecular flexibility index (Phi) is 4.29. The normalized spacial score (nSPS) is 15.0. The first-order chi connectivity index (χ1) is 9.39. The molecule has 0 radical (unpaired) electrons. The van der Waals surface area contributed by atoms with Crippen molar-refractivity contribution in [3.05, 3.63) is 54.6 Å². The molecule has 1 aromatic carbocycles. The lowest BCUT2D eigenvalue weighted by Crippen LogP contribution is -2.32. The van der Waals surface area contributed by atoms with Crippen LogP contribution < -0.4 is 0 Å². The molecule has 0 aliphatic heterocycles. The van der Waals surface area contributed by atoms with E-state index in [-0.39, 0.29) is 5.41 Å². The predicted octanol–water partition coefficient (Wildman–Crippen LogP) is 3.60. The van der Waals surface area contributed by atoms with Crippen molar-refractivity contribution < 1.29 is 5.11 Å². The van der Waals surface area contributed by atoms with E-state index in [2.05, 4.69) is 25.8 Å². The molecule has 0 spiro atoms. The van der Waals surface area contributed by atoms with E-state index in [9.17, 15) is 5.11 Å². The van der Waals surface area contributed by atoms with Gasteiger partial charge in [-0.1, -0.05) is 51.1 Å². The number of rotatable bonds is 5. The van der Waals surface area contributed by atoms with Gasteiger partial charge in [-0.2, -0.15) is 0 Å². The second kappa shape index (κ2) is 5.80. The van der Waals surface area contributed by atoms with Crippen LogP contribution in [-0.4, -0.2) is 14.7 Å². The fraction of sp³-hybridized carbons (Fsp3) is 0.471. The van der Waals surface area contributed by atoms with Crippen LogP contribution in [0.1, 0.15) is 39.2 Å². The van der Waals surface area contributed by atoms with Gasteiger partial charge in [0, 0.05) is 12.4 Å². The number of benzene rings is 1. The van der Waals surface area contributed by atoms with Crippen LogP contribution in [0.2, 0.25) is 0 Å². The van der Waals surface area contributed by atoms with Crippen molar-refractivity contribution in [3.8, 4) is 0 Å². The Balaban J connectivity index is 2.23. The minimum Gasteiger partial charge on any atom is -0.383 e. The fourth-order valence-corrected chi connectivity index (χ4v) is 2.33. The molecule has 1 atom stereocenters. The highest BCUT2D eigenvalue weighted by molar-refractivity contribution is 5.22. The Morgan fingerprint density at radius 3 is 2.35 bits per heavy atom. The molecule has 1 N–H and O–H groups in total. The zero-order valence-electron chi connectivity index (χ0n) is 12.6. The first kappa shape index (κ1) is 14.8. The van der Waals surface area contributed by atoms with Gasteiger partial charge in [0.1, 0.15) is 5.60 Å². The zero-order chi connectivity index (χ0) is 14.6. The number of hydrogen-bond donors (Lipinski definition) is 1. The first-order valence-electron chi connectivity index (χ1n) is 7.13. The van der Waals surface area contributed by atoms with Crippen molar-refractivity contribution in [2.75, 3.05) is 0 Å². The van der Waals surface area contributed by atoms with E-state index in [1.807, 2.05) is 41.1 Å². The smallest absolute Gasteiger partial charge is 0.107 e. The van der Waals surface area contributed by atoms with Crippen LogP contribution in [-0.2, 0) is 12.1 Å². The molecule has 108 valence electrons. The lowest BCUT2D eigenvalue weighted by molar-refractivity contribution is -0.000226. The van der Waals surface area contributed by atoms with E-state index < -0.39 is 5.60 Å². The summed E-state index contributed by atoms with van der Waals surface area (Å²) < 4.78 is 1.94. The van der Waals surface area contributed by atoms with E-state index in [1.165, 1.54) is 0 Å². The van der Waals surface area contributed by atoms with Gasteiger partial charge in [0.2, 0.25) is 0 Å². The third kappa shape index (κ3) is 3.94. The third-order valence-corrected chi connectivity index (χ3v) is 3.60. The lowest BCUT2D eigenvalue weighted by atomic mass is 9.81. The summed E-state index contributed by atoms with van der Waals surface area (Å²) in [6, 6.07) is 9.93. The highest BCUT2D eigenvalue weighted by Crippen LogP contribution is 2.33. The van der Waals surface area contributed by atoms with Gasteiger partial charge >= 0.3 is 0 Å². The van der Waals surface area contributed by atoms with Crippen LogP contribution in [0.15, 0.2) is 49.1 Å². The van der Waals surface area contributed by atoms with Crippen molar-refractivity contribution in [2.24, 2.45) is 5.41 Å². The van der Waals surface area contributed by atoms with Gasteiger partial charge in [-0.3, -0.25) is 0 Å². The number of aromatic nitrogens is 2. The second-order valence-electron chi connectivity index (χ2n) is 6.69. The van der Waals surface area contributed by atoms with Crippen molar-refractivity contribution in [1.82, 2.24) is 9.55 Å². The maximum atomic E-state index is 11.2. The summed E-state index contributed by atoms with van der Waals surface area (Å²) in [5.41, 5.74) is 0.324. The Morgan fingerprint density at radius 1 is 1.10 bits per heavy atom. The van der Waals surface area contributed by atoms with E-state index in [0.29, 0.717) is 6.54 Å². The van der Waals surface area contributed by atoms with E-state index in [1.54, 1.807) is 12.5 Å². The molecule has 1 unspecified atom stereocenters. The van der Waals surface area contributed by atoms with Gasteiger partial charge in [-0.15, -0.1) is 0 Å². The third-order valence-electron chi connectivity index (χ3n) is 3.60. The van der Waals surface area contributed by atoms with Crippen molar-refractivity contribution in [2.45, 2.75) is 45.8 Å². The van der Waals surface area contributed by atoms with E-state index in [0.717, 1.165) is 18.4 Å². The minimum absolute atomic E-state index is 0.206. The molecule has 3 nitrogen and oxygen atoms in total. The summed E-state index contributed by atoms with van der Waals surface area (Å²) in [4.78, 5) is 4.06. The number of hydrogen-bond acceptors (Lipinski definition) is 2. The maximum absolute atomic E-state index is 11.2. The summed E-state index contributed by atoms with van der Waals surface area (Å²) in [5, 5.41) is 11.2. The van der Waals surface area contributed by atoms with E-state index >= 15 is 0 Å². The van der Waals surface area contributed by atoms with Crippen LogP contribution in [0.5, 0.6) is 0 Å². The van der Waals surface area contributed by atoms with Gasteiger partial charge in [0.05, 0.1) is 12.9 Å². The summed E-state index contributed by atoms with van der Waals surface area (Å²) in [7, 11) is 0. The van der Waals surface area contributed by atoms with Crippen LogP contribution in [0, 0.1) is 5.41 Å². The SMILES string of the molecule is CC(C)(C)CCC(O)(Cn1ccnc1)c1ccccc1. The number of imidazole rings is 1. The quantitative estimate of drug-likeness (QED) is 0.903.